The first kappa shape index (κ1) is 12.5. The van der Waals surface area contributed by atoms with Crippen molar-refractivity contribution in [1.29, 1.82) is 0 Å². The molecule has 0 spiro atoms. The number of hydrogen-bond donors (Lipinski definition) is 2. The summed E-state index contributed by atoms with van der Waals surface area (Å²) in [6.45, 7) is 2.30. The summed E-state index contributed by atoms with van der Waals surface area (Å²) in [4.78, 5) is 0. The van der Waals surface area contributed by atoms with Crippen LogP contribution < -0.4 is 5.32 Å². The van der Waals surface area contributed by atoms with Crippen molar-refractivity contribution >= 4 is 0 Å². The first-order valence-corrected chi connectivity index (χ1v) is 6.38. The van der Waals surface area contributed by atoms with E-state index in [1.165, 1.54) is 12.1 Å². The Kier molecular flexibility index (Phi) is 4.51. The molecule has 1 heterocycles. The molecule has 2 nitrogen and oxygen atoms in total. The molecule has 0 radical (unpaired) electrons. The molecule has 0 bridgehead atoms. The van der Waals surface area contributed by atoms with Gasteiger partial charge in [0.05, 0.1) is 0 Å². The van der Waals surface area contributed by atoms with E-state index in [2.05, 4.69) is 5.32 Å². The van der Waals surface area contributed by atoms with Crippen molar-refractivity contribution in [2.75, 3.05) is 19.7 Å². The second kappa shape index (κ2) is 6.12. The van der Waals surface area contributed by atoms with E-state index in [-0.39, 0.29) is 12.4 Å². The van der Waals surface area contributed by atoms with Crippen LogP contribution in [-0.2, 0) is 0 Å². The number of nitrogens with one attached hydrogen (secondary N) is 1. The normalized spacial score (nSPS) is 19.2. The molecule has 1 saturated heterocycles. The van der Waals surface area contributed by atoms with Crippen molar-refractivity contribution in [3.8, 4) is 0 Å². The average Bonchev–Trinajstić information content (AvgIpc) is 2.38. The van der Waals surface area contributed by atoms with Crippen molar-refractivity contribution in [1.82, 2.24) is 5.32 Å². The molecule has 1 aromatic rings. The number of piperidine rings is 1. The van der Waals surface area contributed by atoms with Gasteiger partial charge >= 0.3 is 0 Å². The van der Waals surface area contributed by atoms with E-state index in [1.807, 2.05) is 12.1 Å². The number of benzene rings is 1. The summed E-state index contributed by atoms with van der Waals surface area (Å²) in [5, 5.41) is 12.5. The highest BCUT2D eigenvalue weighted by atomic mass is 19.1. The predicted molar refractivity (Wildman–Crippen MR) is 66.4 cm³/mol. The molecule has 1 aliphatic heterocycles. The van der Waals surface area contributed by atoms with Crippen molar-refractivity contribution in [2.24, 2.45) is 5.92 Å². The molecule has 0 saturated carbocycles. The lowest BCUT2D eigenvalue weighted by atomic mass is 9.79. The van der Waals surface area contributed by atoms with Crippen LogP contribution in [0.4, 0.5) is 4.39 Å². The molecule has 0 amide bonds. The van der Waals surface area contributed by atoms with E-state index in [0.717, 1.165) is 37.9 Å². The van der Waals surface area contributed by atoms with E-state index in [4.69, 9.17) is 0 Å². The monoisotopic (exact) mass is 237 g/mol. The number of hydrogen-bond acceptors (Lipinski definition) is 2. The van der Waals surface area contributed by atoms with Gasteiger partial charge in [-0.25, -0.2) is 4.39 Å². The second-order valence-electron chi connectivity index (χ2n) is 4.76. The van der Waals surface area contributed by atoms with Gasteiger partial charge < -0.3 is 10.4 Å². The highest BCUT2D eigenvalue weighted by molar-refractivity contribution is 5.21. The summed E-state index contributed by atoms with van der Waals surface area (Å²) in [5.41, 5.74) is 1.16. The van der Waals surface area contributed by atoms with E-state index >= 15 is 0 Å². The van der Waals surface area contributed by atoms with Gasteiger partial charge in [0.25, 0.3) is 0 Å². The molecule has 0 aliphatic carbocycles. The van der Waals surface area contributed by atoms with Gasteiger partial charge in [0, 0.05) is 6.61 Å². The Bertz CT molecular complexity index is 333. The molecule has 17 heavy (non-hydrogen) atoms. The van der Waals surface area contributed by atoms with Gasteiger partial charge in [-0.15, -0.1) is 0 Å². The first-order valence-electron chi connectivity index (χ1n) is 6.38. The van der Waals surface area contributed by atoms with Crippen LogP contribution in [0.5, 0.6) is 0 Å². The maximum Gasteiger partial charge on any atom is 0.123 e. The predicted octanol–water partition coefficient (Wildman–Crippen LogP) is 2.29. The lowest BCUT2D eigenvalue weighted by Gasteiger charge is -2.30. The van der Waals surface area contributed by atoms with Crippen LogP contribution in [0.1, 0.15) is 30.7 Å². The fraction of sp³-hybridized carbons (Fsp3) is 0.571. The number of rotatable bonds is 4. The molecular formula is C14H20FNO. The zero-order valence-corrected chi connectivity index (χ0v) is 10.0. The third-order valence-corrected chi connectivity index (χ3v) is 3.69. The molecule has 0 aromatic heterocycles. The highest BCUT2D eigenvalue weighted by Gasteiger charge is 2.24. The lowest BCUT2D eigenvalue weighted by Crippen LogP contribution is -2.31. The molecule has 1 unspecified atom stereocenters. The van der Waals surface area contributed by atoms with E-state index in [1.54, 1.807) is 0 Å². The van der Waals surface area contributed by atoms with Gasteiger partial charge in [0.15, 0.2) is 0 Å². The summed E-state index contributed by atoms with van der Waals surface area (Å²) in [6, 6.07) is 6.75. The minimum absolute atomic E-state index is 0.193. The van der Waals surface area contributed by atoms with E-state index < -0.39 is 0 Å². The zero-order chi connectivity index (χ0) is 12.1. The SMILES string of the molecule is OCCC(c1ccc(F)cc1)C1CCNCC1. The number of aliphatic hydroxyl groups is 1. The zero-order valence-electron chi connectivity index (χ0n) is 10.0. The van der Waals surface area contributed by atoms with Gasteiger partial charge in [-0.2, -0.15) is 0 Å². The third kappa shape index (κ3) is 3.27. The van der Waals surface area contributed by atoms with Gasteiger partial charge in [-0.05, 0) is 61.9 Å². The summed E-state index contributed by atoms with van der Waals surface area (Å²) < 4.78 is 12.9. The Morgan fingerprint density at radius 2 is 1.88 bits per heavy atom. The third-order valence-electron chi connectivity index (χ3n) is 3.69. The van der Waals surface area contributed by atoms with Gasteiger partial charge in [0.2, 0.25) is 0 Å². The molecule has 1 fully saturated rings. The largest absolute Gasteiger partial charge is 0.396 e. The molecule has 1 atom stereocenters. The quantitative estimate of drug-likeness (QED) is 0.842. The van der Waals surface area contributed by atoms with Crippen LogP contribution in [-0.4, -0.2) is 24.8 Å². The maximum absolute atomic E-state index is 12.9. The van der Waals surface area contributed by atoms with Crippen LogP contribution in [0.2, 0.25) is 0 Å². The fourth-order valence-corrected chi connectivity index (χ4v) is 2.77. The first-order chi connectivity index (χ1) is 8.31. The molecule has 2 N–H and O–H groups in total. The second-order valence-corrected chi connectivity index (χ2v) is 4.76. The minimum Gasteiger partial charge on any atom is -0.396 e. The molecule has 2 rings (SSSR count). The molecule has 3 heteroatoms. The van der Waals surface area contributed by atoms with Crippen LogP contribution in [0.25, 0.3) is 0 Å². The Morgan fingerprint density at radius 3 is 2.47 bits per heavy atom. The van der Waals surface area contributed by atoms with Gasteiger partial charge in [0.1, 0.15) is 5.82 Å². The van der Waals surface area contributed by atoms with Crippen LogP contribution in [0, 0.1) is 11.7 Å². The summed E-state index contributed by atoms with van der Waals surface area (Å²) in [6.07, 6.45) is 3.06. The molecule has 1 aromatic carbocycles. The average molecular weight is 237 g/mol. The fourth-order valence-electron chi connectivity index (χ4n) is 2.77. The topological polar surface area (TPSA) is 32.3 Å². The van der Waals surface area contributed by atoms with Crippen LogP contribution >= 0.6 is 0 Å². The standard InChI is InChI=1S/C14H20FNO/c15-13-3-1-11(2-4-13)14(7-10-17)12-5-8-16-9-6-12/h1-4,12,14,16-17H,5-10H2. The maximum atomic E-state index is 12.9. The van der Waals surface area contributed by atoms with Crippen molar-refractivity contribution < 1.29 is 9.50 Å². The van der Waals surface area contributed by atoms with Crippen LogP contribution in [0.3, 0.4) is 0 Å². The van der Waals surface area contributed by atoms with Crippen molar-refractivity contribution in [3.63, 3.8) is 0 Å². The number of aliphatic hydroxyl groups excluding tert-OH is 1. The summed E-state index contributed by atoms with van der Waals surface area (Å²) in [5.74, 6) is 0.776. The molecule has 1 aliphatic rings. The van der Waals surface area contributed by atoms with Crippen molar-refractivity contribution in [3.05, 3.63) is 35.6 Å². The van der Waals surface area contributed by atoms with Crippen LogP contribution in [0.15, 0.2) is 24.3 Å². The van der Waals surface area contributed by atoms with Gasteiger partial charge in [-0.3, -0.25) is 0 Å². The molecular weight excluding hydrogens is 217 g/mol. The Morgan fingerprint density at radius 1 is 1.24 bits per heavy atom. The summed E-state index contributed by atoms with van der Waals surface area (Å²) >= 11 is 0. The minimum atomic E-state index is -0.193. The Hall–Kier alpha value is -0.930. The highest BCUT2D eigenvalue weighted by Crippen LogP contribution is 2.33. The van der Waals surface area contributed by atoms with E-state index in [9.17, 15) is 9.50 Å². The van der Waals surface area contributed by atoms with Crippen molar-refractivity contribution in [2.45, 2.75) is 25.2 Å². The Balaban J connectivity index is 2.12. The summed E-state index contributed by atoms with van der Waals surface area (Å²) in [7, 11) is 0. The van der Waals surface area contributed by atoms with E-state index in [0.29, 0.717) is 11.8 Å². The smallest absolute Gasteiger partial charge is 0.123 e. The Labute approximate surface area is 102 Å². The molecule has 94 valence electrons. The number of halogens is 1. The lowest BCUT2D eigenvalue weighted by molar-refractivity contribution is 0.233. The van der Waals surface area contributed by atoms with Gasteiger partial charge in [-0.1, -0.05) is 12.1 Å².